The molecule has 0 spiro atoms. The van der Waals surface area contributed by atoms with Crippen LogP contribution in [0, 0.1) is 5.41 Å². The summed E-state index contributed by atoms with van der Waals surface area (Å²) in [6.45, 7) is 11.1. The summed E-state index contributed by atoms with van der Waals surface area (Å²) in [5.41, 5.74) is -1.60. The monoisotopic (exact) mass is 365 g/mol. The van der Waals surface area contributed by atoms with Crippen LogP contribution in [-0.2, 0) is 23.9 Å². The fourth-order valence-electron chi connectivity index (χ4n) is 3.09. The molecule has 0 radical (unpaired) electrons. The van der Waals surface area contributed by atoms with E-state index in [0.717, 1.165) is 4.90 Å². The Morgan fingerprint density at radius 1 is 1.04 bits per heavy atom. The second-order valence-electron chi connectivity index (χ2n) is 7.40. The lowest BCUT2D eigenvalue weighted by molar-refractivity contribution is -0.164. The molecule has 0 aromatic carbocycles. The van der Waals surface area contributed by atoms with Crippen molar-refractivity contribution in [1.29, 1.82) is 0 Å². The van der Waals surface area contributed by atoms with E-state index in [2.05, 4.69) is 0 Å². The predicted molar refractivity (Wildman–Crippen MR) is 98.4 cm³/mol. The number of carbonyl (C=O) groups is 4. The Morgan fingerprint density at radius 3 is 1.96 bits per heavy atom. The van der Waals surface area contributed by atoms with Gasteiger partial charge in [0.05, 0.1) is 0 Å². The molecule has 1 atom stereocenters. The Bertz CT molecular complexity index is 583. The Labute approximate surface area is 155 Å². The van der Waals surface area contributed by atoms with Gasteiger partial charge in [-0.05, 0) is 26.2 Å². The van der Waals surface area contributed by atoms with Gasteiger partial charge in [-0.1, -0.05) is 34.6 Å². The predicted octanol–water partition coefficient (Wildman–Crippen LogP) is 2.84. The molecule has 0 saturated heterocycles. The van der Waals surface area contributed by atoms with Crippen molar-refractivity contribution in [1.82, 2.24) is 4.90 Å². The summed E-state index contributed by atoms with van der Waals surface area (Å²) in [6, 6.07) is 0. The highest BCUT2D eigenvalue weighted by Crippen LogP contribution is 2.30. The maximum absolute atomic E-state index is 12.9. The average molecular weight is 365 g/mol. The summed E-state index contributed by atoms with van der Waals surface area (Å²) in [5.74, 6) is -1.04. The first-order chi connectivity index (χ1) is 12.0. The maximum atomic E-state index is 12.9. The van der Waals surface area contributed by atoms with Crippen molar-refractivity contribution in [3.63, 3.8) is 0 Å². The minimum atomic E-state index is -1.09. The molecular formula is C20H31NO5. The van der Waals surface area contributed by atoms with Crippen LogP contribution in [0.2, 0.25) is 0 Å². The molecule has 6 nitrogen and oxygen atoms in total. The number of hydrogen-bond acceptors (Lipinski definition) is 5. The maximum Gasteiger partial charge on any atom is 0.253 e. The third kappa shape index (κ3) is 4.67. The van der Waals surface area contributed by atoms with Gasteiger partial charge >= 0.3 is 0 Å². The zero-order valence-electron chi connectivity index (χ0n) is 16.8. The summed E-state index contributed by atoms with van der Waals surface area (Å²) in [4.78, 5) is 49.8. The van der Waals surface area contributed by atoms with Crippen molar-refractivity contribution < 1.29 is 23.9 Å². The van der Waals surface area contributed by atoms with Gasteiger partial charge in [0.15, 0.2) is 11.6 Å². The van der Waals surface area contributed by atoms with E-state index in [4.69, 9.17) is 4.74 Å². The normalized spacial score (nSPS) is 16.3. The van der Waals surface area contributed by atoms with Crippen molar-refractivity contribution in [2.24, 2.45) is 5.41 Å². The number of amides is 2. The van der Waals surface area contributed by atoms with E-state index in [1.807, 2.05) is 34.6 Å². The number of imide groups is 1. The van der Waals surface area contributed by atoms with Crippen LogP contribution in [0.15, 0.2) is 12.2 Å². The van der Waals surface area contributed by atoms with E-state index in [-0.39, 0.29) is 24.5 Å². The van der Waals surface area contributed by atoms with E-state index >= 15 is 0 Å². The molecule has 1 rings (SSSR count). The fourth-order valence-corrected chi connectivity index (χ4v) is 3.09. The van der Waals surface area contributed by atoms with E-state index < -0.39 is 28.9 Å². The van der Waals surface area contributed by atoms with Gasteiger partial charge < -0.3 is 4.74 Å². The molecule has 0 bridgehead atoms. The van der Waals surface area contributed by atoms with Crippen LogP contribution in [0.5, 0.6) is 0 Å². The molecule has 1 heterocycles. The van der Waals surface area contributed by atoms with Crippen molar-refractivity contribution in [2.45, 2.75) is 78.9 Å². The highest BCUT2D eigenvalue weighted by molar-refractivity contribution is 6.13. The zero-order chi connectivity index (χ0) is 20.1. The molecule has 0 aromatic heterocycles. The topological polar surface area (TPSA) is 80.8 Å². The zero-order valence-corrected chi connectivity index (χ0v) is 16.8. The van der Waals surface area contributed by atoms with Crippen molar-refractivity contribution in [3.8, 4) is 0 Å². The van der Waals surface area contributed by atoms with Crippen molar-refractivity contribution >= 4 is 23.4 Å². The van der Waals surface area contributed by atoms with Crippen LogP contribution in [0.25, 0.3) is 0 Å². The lowest BCUT2D eigenvalue weighted by Crippen LogP contribution is -2.48. The third-order valence-electron chi connectivity index (χ3n) is 5.44. The van der Waals surface area contributed by atoms with Gasteiger partial charge in [-0.3, -0.25) is 24.1 Å². The lowest BCUT2D eigenvalue weighted by Gasteiger charge is -2.35. The number of ketones is 2. The van der Waals surface area contributed by atoms with Gasteiger partial charge in [0.1, 0.15) is 11.7 Å². The Balaban J connectivity index is 2.84. The first kappa shape index (κ1) is 22.2. The minimum absolute atomic E-state index is 0.0128. The molecule has 0 N–H and O–H groups in total. The number of ether oxygens (including phenoxy) is 1. The van der Waals surface area contributed by atoms with Gasteiger partial charge in [-0.2, -0.15) is 0 Å². The second kappa shape index (κ2) is 8.71. The summed E-state index contributed by atoms with van der Waals surface area (Å²) in [5, 5.41) is 0. The van der Waals surface area contributed by atoms with Crippen LogP contribution in [0.3, 0.4) is 0 Å². The fraction of sp³-hybridized carbons (Fsp3) is 0.700. The highest BCUT2D eigenvalue weighted by Gasteiger charge is 2.41. The molecule has 1 unspecified atom stereocenters. The van der Waals surface area contributed by atoms with Gasteiger partial charge in [-0.25, -0.2) is 0 Å². The van der Waals surface area contributed by atoms with E-state index in [1.165, 1.54) is 12.2 Å². The van der Waals surface area contributed by atoms with E-state index in [0.29, 0.717) is 19.3 Å². The average Bonchev–Trinajstić information content (AvgIpc) is 2.94. The van der Waals surface area contributed by atoms with E-state index in [9.17, 15) is 19.2 Å². The Morgan fingerprint density at radius 2 is 1.54 bits per heavy atom. The molecule has 0 aliphatic carbocycles. The molecule has 146 valence electrons. The summed E-state index contributed by atoms with van der Waals surface area (Å²) >= 11 is 0. The van der Waals surface area contributed by atoms with Gasteiger partial charge in [0, 0.05) is 30.5 Å². The number of carbonyl (C=O) groups excluding carboxylic acids is 4. The SMILES string of the molecule is CCC(C)(C)C(=O)C(C)OC(CC)(CC)C(=O)CCN1C(=O)C=CC1=O. The molecule has 0 saturated carbocycles. The minimum Gasteiger partial charge on any atom is -0.357 e. The summed E-state index contributed by atoms with van der Waals surface area (Å²) in [6.07, 6.45) is 3.24. The van der Waals surface area contributed by atoms with Crippen molar-refractivity contribution in [2.75, 3.05) is 6.54 Å². The lowest BCUT2D eigenvalue weighted by atomic mass is 9.82. The van der Waals surface area contributed by atoms with Crippen molar-refractivity contribution in [3.05, 3.63) is 12.2 Å². The third-order valence-corrected chi connectivity index (χ3v) is 5.44. The molecule has 0 fully saturated rings. The van der Waals surface area contributed by atoms with Crippen LogP contribution in [0.1, 0.15) is 67.2 Å². The summed E-state index contributed by atoms with van der Waals surface area (Å²) < 4.78 is 6.01. The molecular weight excluding hydrogens is 334 g/mol. The van der Waals surface area contributed by atoms with Gasteiger partial charge in [0.2, 0.25) is 0 Å². The number of nitrogens with zero attached hydrogens (tertiary/aromatic N) is 1. The van der Waals surface area contributed by atoms with Crippen LogP contribution in [-0.4, -0.2) is 46.5 Å². The second-order valence-corrected chi connectivity index (χ2v) is 7.40. The smallest absolute Gasteiger partial charge is 0.253 e. The number of hydrogen-bond donors (Lipinski definition) is 0. The summed E-state index contributed by atoms with van der Waals surface area (Å²) in [7, 11) is 0. The molecule has 0 aromatic rings. The van der Waals surface area contributed by atoms with Gasteiger partial charge in [0.25, 0.3) is 11.8 Å². The van der Waals surface area contributed by atoms with Gasteiger partial charge in [-0.15, -0.1) is 0 Å². The molecule has 1 aliphatic heterocycles. The Kier molecular flexibility index (Phi) is 7.45. The van der Waals surface area contributed by atoms with E-state index in [1.54, 1.807) is 6.92 Å². The molecule has 6 heteroatoms. The number of Topliss-reactive ketones (excluding diaryl/α,β-unsaturated/α-hetero) is 2. The van der Waals surface area contributed by atoms with Crippen LogP contribution < -0.4 is 0 Å². The Hall–Kier alpha value is -1.82. The standard InChI is InChI=1S/C20H31NO5/c1-7-19(5,6)18(25)14(4)26-20(8-2,9-3)15(22)12-13-21-16(23)10-11-17(21)24/h10-11,14H,7-9,12-13H2,1-6H3. The number of rotatable bonds is 11. The largest absolute Gasteiger partial charge is 0.357 e. The quantitative estimate of drug-likeness (QED) is 0.526. The van der Waals surface area contributed by atoms with Crippen LogP contribution >= 0.6 is 0 Å². The molecule has 26 heavy (non-hydrogen) atoms. The first-order valence-corrected chi connectivity index (χ1v) is 9.33. The molecule has 2 amide bonds. The first-order valence-electron chi connectivity index (χ1n) is 9.33. The molecule has 1 aliphatic rings. The van der Waals surface area contributed by atoms with Crippen LogP contribution in [0.4, 0.5) is 0 Å². The highest BCUT2D eigenvalue weighted by atomic mass is 16.5.